The number of phenols is 1. The molecule has 160 valence electrons. The van der Waals surface area contributed by atoms with Crippen molar-refractivity contribution in [1.82, 2.24) is 0 Å². The van der Waals surface area contributed by atoms with Crippen molar-refractivity contribution in [3.63, 3.8) is 0 Å². The molecule has 0 spiro atoms. The first-order valence-electron chi connectivity index (χ1n) is 8.98. The molecule has 1 fully saturated rings. The van der Waals surface area contributed by atoms with Crippen LogP contribution in [0.1, 0.15) is 28.9 Å². The summed E-state index contributed by atoms with van der Waals surface area (Å²) in [4.78, 5) is 11.6. The number of hydrogen-bond acceptors (Lipinski definition) is 10. The van der Waals surface area contributed by atoms with E-state index in [1.807, 2.05) is 0 Å². The summed E-state index contributed by atoms with van der Waals surface area (Å²) in [5.41, 5.74) is 0.598. The number of carbonyl (C=O) groups excluding carboxylic acids is 1. The van der Waals surface area contributed by atoms with Gasteiger partial charge < -0.3 is 44.8 Å². The highest BCUT2D eigenvalue weighted by Crippen LogP contribution is 2.42. The second-order valence-electron chi connectivity index (χ2n) is 7.11. The lowest BCUT2D eigenvalue weighted by Crippen LogP contribution is -2.59. The Labute approximate surface area is 166 Å². The molecule has 6 N–H and O–H groups in total. The van der Waals surface area contributed by atoms with Gasteiger partial charge in [0.2, 0.25) is 0 Å². The fraction of sp³-hybridized carbons (Fsp3) is 0.526. The zero-order valence-electron chi connectivity index (χ0n) is 15.6. The van der Waals surface area contributed by atoms with Gasteiger partial charge in [-0.25, -0.2) is 0 Å². The van der Waals surface area contributed by atoms with Crippen molar-refractivity contribution in [2.24, 2.45) is 0 Å². The summed E-state index contributed by atoms with van der Waals surface area (Å²) in [6.45, 7) is 4.25. The smallest absolute Gasteiger partial charge is 0.187 e. The van der Waals surface area contributed by atoms with Crippen molar-refractivity contribution >= 4 is 5.78 Å². The number of benzene rings is 1. The number of rotatable bonds is 6. The van der Waals surface area contributed by atoms with E-state index in [0.29, 0.717) is 0 Å². The van der Waals surface area contributed by atoms with Crippen LogP contribution in [0.15, 0.2) is 24.3 Å². The van der Waals surface area contributed by atoms with E-state index in [1.54, 1.807) is 0 Å². The van der Waals surface area contributed by atoms with E-state index < -0.39 is 49.5 Å². The molecule has 2 heterocycles. The highest BCUT2D eigenvalue weighted by Gasteiger charge is 2.44. The molecule has 0 unspecified atom stereocenters. The molecule has 0 amide bonds. The summed E-state index contributed by atoms with van der Waals surface area (Å²) in [6, 6.07) is 2.59. The highest BCUT2D eigenvalue weighted by atomic mass is 16.7. The minimum atomic E-state index is -1.58. The third-order valence-electron chi connectivity index (χ3n) is 5.05. The van der Waals surface area contributed by atoms with Crippen LogP contribution in [0, 0.1) is 0 Å². The predicted molar refractivity (Wildman–Crippen MR) is 96.3 cm³/mol. The van der Waals surface area contributed by atoms with E-state index in [1.165, 1.54) is 19.1 Å². The summed E-state index contributed by atoms with van der Waals surface area (Å²) in [7, 11) is 0. The molecule has 1 aromatic rings. The fourth-order valence-corrected chi connectivity index (χ4v) is 3.35. The van der Waals surface area contributed by atoms with Gasteiger partial charge in [-0.2, -0.15) is 0 Å². The molecule has 29 heavy (non-hydrogen) atoms. The largest absolute Gasteiger partial charge is 0.507 e. The van der Waals surface area contributed by atoms with Crippen molar-refractivity contribution in [3.8, 4) is 11.5 Å². The molecule has 10 nitrogen and oxygen atoms in total. The van der Waals surface area contributed by atoms with Crippen LogP contribution in [0.3, 0.4) is 0 Å². The van der Waals surface area contributed by atoms with Gasteiger partial charge in [-0.15, -0.1) is 0 Å². The van der Waals surface area contributed by atoms with Crippen molar-refractivity contribution in [2.75, 3.05) is 13.2 Å². The van der Waals surface area contributed by atoms with Gasteiger partial charge in [0, 0.05) is 5.56 Å². The van der Waals surface area contributed by atoms with Gasteiger partial charge in [0.05, 0.1) is 18.8 Å². The van der Waals surface area contributed by atoms with Crippen LogP contribution in [0.2, 0.25) is 0 Å². The maximum atomic E-state index is 11.6. The monoisotopic (exact) mass is 412 g/mol. The Kier molecular flexibility index (Phi) is 6.24. The molecule has 1 aromatic carbocycles. The minimum absolute atomic E-state index is 0.0554. The van der Waals surface area contributed by atoms with Gasteiger partial charge in [-0.05, 0) is 24.6 Å². The SMILES string of the molecule is C=C(CO[C@@H]1O[C@H](CO)[C@@H](O)[C@H](O)[C@H]1O)[C@H]1Oc2cc(C(C)=O)c(O)cc2[C@H]1O. The average molecular weight is 412 g/mol. The van der Waals surface area contributed by atoms with Gasteiger partial charge in [-0.3, -0.25) is 4.79 Å². The normalized spacial score (nSPS) is 33.8. The molecule has 0 aromatic heterocycles. The van der Waals surface area contributed by atoms with E-state index in [-0.39, 0.29) is 40.6 Å². The van der Waals surface area contributed by atoms with Crippen LogP contribution in [0.25, 0.3) is 0 Å². The highest BCUT2D eigenvalue weighted by molar-refractivity contribution is 5.97. The van der Waals surface area contributed by atoms with Crippen LogP contribution >= 0.6 is 0 Å². The van der Waals surface area contributed by atoms with E-state index in [9.17, 15) is 35.4 Å². The lowest BCUT2D eigenvalue weighted by Gasteiger charge is -2.39. The maximum absolute atomic E-state index is 11.6. The minimum Gasteiger partial charge on any atom is -0.507 e. The molecular formula is C19H24O10. The number of phenolic OH excluding ortho intramolecular Hbond substituents is 1. The Morgan fingerprint density at radius 3 is 2.48 bits per heavy atom. The first-order chi connectivity index (χ1) is 13.6. The van der Waals surface area contributed by atoms with Crippen molar-refractivity contribution in [2.45, 2.75) is 49.8 Å². The molecule has 2 aliphatic heterocycles. The van der Waals surface area contributed by atoms with E-state index >= 15 is 0 Å². The summed E-state index contributed by atoms with van der Waals surface area (Å²) in [5.74, 6) is -0.418. The van der Waals surface area contributed by atoms with Gasteiger partial charge >= 0.3 is 0 Å². The molecule has 7 atom stereocenters. The summed E-state index contributed by atoms with van der Waals surface area (Å²) >= 11 is 0. The fourth-order valence-electron chi connectivity index (χ4n) is 3.35. The lowest BCUT2D eigenvalue weighted by molar-refractivity contribution is -0.299. The van der Waals surface area contributed by atoms with Gasteiger partial charge in [0.15, 0.2) is 18.2 Å². The van der Waals surface area contributed by atoms with Crippen molar-refractivity contribution in [3.05, 3.63) is 35.4 Å². The molecule has 0 aliphatic carbocycles. The standard InChI is InChI=1S/C19H24O10/c1-7(6-27-19-17(26)16(25)15(24)13(5-20)29-19)18-14(23)10-3-11(22)9(8(2)21)4-12(10)28-18/h3-4,13-20,22-26H,1,5-6H2,2H3/t13-,14-,15-,16+,17-,18-,19-/m1/s1. The number of aromatic hydroxyl groups is 1. The molecular weight excluding hydrogens is 388 g/mol. The van der Waals surface area contributed by atoms with Crippen LogP contribution < -0.4 is 4.74 Å². The summed E-state index contributed by atoms with van der Waals surface area (Å²) in [5, 5.41) is 59.2. The number of hydrogen-bond donors (Lipinski definition) is 6. The third kappa shape index (κ3) is 4.01. The van der Waals surface area contributed by atoms with Crippen LogP contribution in [0.5, 0.6) is 11.5 Å². The predicted octanol–water partition coefficient (Wildman–Crippen LogP) is -1.24. The zero-order chi connectivity index (χ0) is 21.5. The Balaban J connectivity index is 1.66. The summed E-state index contributed by atoms with van der Waals surface area (Å²) in [6.07, 6.45) is -9.24. The van der Waals surface area contributed by atoms with Crippen molar-refractivity contribution in [1.29, 1.82) is 0 Å². The van der Waals surface area contributed by atoms with Crippen LogP contribution in [-0.4, -0.2) is 86.4 Å². The number of ketones is 1. The molecule has 3 rings (SSSR count). The van der Waals surface area contributed by atoms with Crippen LogP contribution in [0.4, 0.5) is 0 Å². The Morgan fingerprint density at radius 2 is 1.86 bits per heavy atom. The molecule has 0 bridgehead atoms. The topological polar surface area (TPSA) is 166 Å². The number of carbonyl (C=O) groups is 1. The summed E-state index contributed by atoms with van der Waals surface area (Å²) < 4.78 is 16.3. The third-order valence-corrected chi connectivity index (χ3v) is 5.05. The average Bonchev–Trinajstić information content (AvgIpc) is 3.00. The molecule has 0 saturated carbocycles. The first-order valence-corrected chi connectivity index (χ1v) is 8.98. The number of ether oxygens (including phenoxy) is 3. The molecule has 10 heteroatoms. The Morgan fingerprint density at radius 1 is 1.17 bits per heavy atom. The number of Topliss-reactive ketones (excluding diaryl/α,β-unsaturated/α-hetero) is 1. The van der Waals surface area contributed by atoms with E-state index in [0.717, 1.165) is 0 Å². The zero-order valence-corrected chi connectivity index (χ0v) is 15.6. The van der Waals surface area contributed by atoms with Gasteiger partial charge in [0.1, 0.15) is 42.0 Å². The first kappa shape index (κ1) is 21.7. The van der Waals surface area contributed by atoms with Gasteiger partial charge in [0.25, 0.3) is 0 Å². The molecule has 0 radical (unpaired) electrons. The van der Waals surface area contributed by atoms with Crippen LogP contribution in [-0.2, 0) is 9.47 Å². The second-order valence-corrected chi connectivity index (χ2v) is 7.11. The molecule has 2 aliphatic rings. The maximum Gasteiger partial charge on any atom is 0.187 e. The quantitative estimate of drug-likeness (QED) is 0.246. The van der Waals surface area contributed by atoms with E-state index in [2.05, 4.69) is 6.58 Å². The van der Waals surface area contributed by atoms with Gasteiger partial charge in [-0.1, -0.05) is 6.58 Å². The lowest BCUT2D eigenvalue weighted by atomic mass is 9.99. The van der Waals surface area contributed by atoms with Crippen molar-refractivity contribution < 1.29 is 49.6 Å². The number of aliphatic hydroxyl groups excluding tert-OH is 5. The number of fused-ring (bicyclic) bond motifs is 1. The van der Waals surface area contributed by atoms with E-state index in [4.69, 9.17) is 14.2 Å². The Hall–Kier alpha value is -2.05. The Bertz CT molecular complexity index is 791. The number of aliphatic hydroxyl groups is 5. The molecule has 1 saturated heterocycles. The second kappa shape index (κ2) is 8.36.